The van der Waals surface area contributed by atoms with Crippen molar-refractivity contribution in [2.45, 2.75) is 0 Å². The first-order valence-electron chi connectivity index (χ1n) is 5.41. The Morgan fingerprint density at radius 3 is 2.78 bits per heavy atom. The summed E-state index contributed by atoms with van der Waals surface area (Å²) in [5.41, 5.74) is 1.91. The number of benzene rings is 1. The number of hydrogen-bond donors (Lipinski definition) is 1. The first-order valence-corrected chi connectivity index (χ1v) is 5.79. The van der Waals surface area contributed by atoms with Gasteiger partial charge in [-0.25, -0.2) is 4.98 Å². The van der Waals surface area contributed by atoms with E-state index >= 15 is 0 Å². The lowest BCUT2D eigenvalue weighted by Gasteiger charge is -2.17. The molecule has 3 rings (SSSR count). The van der Waals surface area contributed by atoms with E-state index in [-0.39, 0.29) is 12.5 Å². The fraction of sp³-hybridized carbons (Fsp3) is 0.0769. The molecular formula is C13H9ClN2O2. The van der Waals surface area contributed by atoms with E-state index in [2.05, 4.69) is 10.3 Å². The summed E-state index contributed by atoms with van der Waals surface area (Å²) in [6.45, 7) is 0.0265. The number of amides is 1. The summed E-state index contributed by atoms with van der Waals surface area (Å²) >= 11 is 5.84. The van der Waals surface area contributed by atoms with E-state index in [9.17, 15) is 4.79 Å². The molecule has 0 atom stereocenters. The van der Waals surface area contributed by atoms with Gasteiger partial charge in [0, 0.05) is 16.8 Å². The van der Waals surface area contributed by atoms with Crippen molar-refractivity contribution in [2.24, 2.45) is 0 Å². The molecule has 18 heavy (non-hydrogen) atoms. The average Bonchev–Trinajstić information content (AvgIpc) is 2.39. The van der Waals surface area contributed by atoms with Crippen LogP contribution in [0.1, 0.15) is 0 Å². The summed E-state index contributed by atoms with van der Waals surface area (Å²) in [6, 6.07) is 9.31. The third-order valence-corrected chi connectivity index (χ3v) is 2.90. The highest BCUT2D eigenvalue weighted by molar-refractivity contribution is 6.30. The van der Waals surface area contributed by atoms with Gasteiger partial charge >= 0.3 is 0 Å². The van der Waals surface area contributed by atoms with E-state index < -0.39 is 0 Å². The zero-order valence-electron chi connectivity index (χ0n) is 9.31. The third-order valence-electron chi connectivity index (χ3n) is 2.65. The summed E-state index contributed by atoms with van der Waals surface area (Å²) in [7, 11) is 0. The molecule has 2 aromatic rings. The quantitative estimate of drug-likeness (QED) is 0.858. The lowest BCUT2D eigenvalue weighted by atomic mass is 10.1. The Kier molecular flexibility index (Phi) is 2.64. The Labute approximate surface area is 109 Å². The van der Waals surface area contributed by atoms with Crippen LogP contribution in [-0.2, 0) is 4.79 Å². The number of carbonyl (C=O) groups excluding carboxylic acids is 1. The van der Waals surface area contributed by atoms with Crippen molar-refractivity contribution >= 4 is 23.3 Å². The number of pyridine rings is 1. The van der Waals surface area contributed by atoms with Gasteiger partial charge in [-0.05, 0) is 23.8 Å². The SMILES string of the molecule is O=C1COc2cc(-c3ccc(Cl)cc3)cnc2N1. The zero-order chi connectivity index (χ0) is 12.5. The van der Waals surface area contributed by atoms with E-state index in [0.29, 0.717) is 16.6 Å². The molecule has 0 unspecified atom stereocenters. The first kappa shape index (κ1) is 11.0. The van der Waals surface area contributed by atoms with Gasteiger partial charge in [-0.3, -0.25) is 4.79 Å². The summed E-state index contributed by atoms with van der Waals surface area (Å²) < 4.78 is 5.32. The van der Waals surface area contributed by atoms with E-state index in [4.69, 9.17) is 16.3 Å². The maximum Gasteiger partial charge on any atom is 0.263 e. The van der Waals surface area contributed by atoms with Crippen LogP contribution in [0.15, 0.2) is 36.5 Å². The molecule has 0 aliphatic carbocycles. The van der Waals surface area contributed by atoms with Crippen LogP contribution in [0.5, 0.6) is 5.75 Å². The van der Waals surface area contributed by atoms with Crippen LogP contribution in [0.2, 0.25) is 5.02 Å². The van der Waals surface area contributed by atoms with Crippen molar-refractivity contribution in [1.29, 1.82) is 0 Å². The number of nitrogens with zero attached hydrogens (tertiary/aromatic N) is 1. The maximum absolute atomic E-state index is 11.1. The minimum absolute atomic E-state index is 0.0265. The average molecular weight is 261 g/mol. The summed E-state index contributed by atoms with van der Waals surface area (Å²) in [5, 5.41) is 3.34. The van der Waals surface area contributed by atoms with E-state index in [1.165, 1.54) is 0 Å². The molecule has 1 aromatic heterocycles. The van der Waals surface area contributed by atoms with Crippen molar-refractivity contribution in [1.82, 2.24) is 4.98 Å². The second kappa shape index (κ2) is 4.31. The predicted molar refractivity (Wildman–Crippen MR) is 68.8 cm³/mol. The normalized spacial score (nSPS) is 13.5. The van der Waals surface area contributed by atoms with Gasteiger partial charge < -0.3 is 10.1 Å². The van der Waals surface area contributed by atoms with Crippen molar-refractivity contribution < 1.29 is 9.53 Å². The zero-order valence-corrected chi connectivity index (χ0v) is 10.1. The summed E-state index contributed by atoms with van der Waals surface area (Å²) in [5.74, 6) is 0.861. The lowest BCUT2D eigenvalue weighted by Crippen LogP contribution is -2.26. The van der Waals surface area contributed by atoms with E-state index in [1.807, 2.05) is 30.3 Å². The van der Waals surface area contributed by atoms with Crippen LogP contribution in [-0.4, -0.2) is 17.5 Å². The first-order chi connectivity index (χ1) is 8.72. The monoisotopic (exact) mass is 260 g/mol. The minimum Gasteiger partial charge on any atom is -0.480 e. The Morgan fingerprint density at radius 2 is 2.00 bits per heavy atom. The van der Waals surface area contributed by atoms with Gasteiger partial charge in [-0.15, -0.1) is 0 Å². The van der Waals surface area contributed by atoms with Crippen molar-refractivity contribution in [3.8, 4) is 16.9 Å². The molecule has 1 aliphatic rings. The second-order valence-electron chi connectivity index (χ2n) is 3.91. The van der Waals surface area contributed by atoms with Crippen LogP contribution in [0.25, 0.3) is 11.1 Å². The van der Waals surface area contributed by atoms with Gasteiger partial charge in [0.15, 0.2) is 18.2 Å². The molecule has 5 heteroatoms. The smallest absolute Gasteiger partial charge is 0.263 e. The topological polar surface area (TPSA) is 51.2 Å². The molecule has 90 valence electrons. The molecule has 1 N–H and O–H groups in total. The van der Waals surface area contributed by atoms with Crippen LogP contribution in [0, 0.1) is 0 Å². The molecule has 0 saturated heterocycles. The fourth-order valence-corrected chi connectivity index (χ4v) is 1.89. The Hall–Kier alpha value is -2.07. The predicted octanol–water partition coefficient (Wildman–Crippen LogP) is 2.73. The van der Waals surface area contributed by atoms with Gasteiger partial charge in [-0.2, -0.15) is 0 Å². The molecule has 2 heterocycles. The number of halogens is 1. The molecule has 1 aliphatic heterocycles. The Balaban J connectivity index is 1.99. The molecule has 0 fully saturated rings. The van der Waals surface area contributed by atoms with Crippen LogP contribution in [0.3, 0.4) is 0 Å². The fourth-order valence-electron chi connectivity index (χ4n) is 1.76. The van der Waals surface area contributed by atoms with Gasteiger partial charge in [0.05, 0.1) is 0 Å². The largest absolute Gasteiger partial charge is 0.480 e. The van der Waals surface area contributed by atoms with Crippen molar-refractivity contribution in [3.05, 3.63) is 41.6 Å². The number of ether oxygens (including phenoxy) is 1. The number of anilines is 1. The van der Waals surface area contributed by atoms with E-state index in [0.717, 1.165) is 11.1 Å². The molecular weight excluding hydrogens is 252 g/mol. The summed E-state index contributed by atoms with van der Waals surface area (Å²) in [4.78, 5) is 15.3. The van der Waals surface area contributed by atoms with Crippen molar-refractivity contribution in [3.63, 3.8) is 0 Å². The molecule has 0 bridgehead atoms. The number of aromatic nitrogens is 1. The number of carbonyl (C=O) groups is 1. The number of rotatable bonds is 1. The standard InChI is InChI=1S/C13H9ClN2O2/c14-10-3-1-8(2-4-10)9-5-11-13(15-6-9)16-12(17)7-18-11/h1-6H,7H2,(H,15,16,17). The number of fused-ring (bicyclic) bond motifs is 1. The van der Waals surface area contributed by atoms with Crippen LogP contribution >= 0.6 is 11.6 Å². The van der Waals surface area contributed by atoms with Gasteiger partial charge in [0.1, 0.15) is 0 Å². The lowest BCUT2D eigenvalue weighted by molar-refractivity contribution is -0.118. The Morgan fingerprint density at radius 1 is 1.22 bits per heavy atom. The molecule has 1 aromatic carbocycles. The third kappa shape index (κ3) is 2.02. The molecule has 0 saturated carbocycles. The van der Waals surface area contributed by atoms with Gasteiger partial charge in [0.25, 0.3) is 5.91 Å². The second-order valence-corrected chi connectivity index (χ2v) is 4.35. The molecule has 1 amide bonds. The number of nitrogens with one attached hydrogen (secondary N) is 1. The van der Waals surface area contributed by atoms with Gasteiger partial charge in [-0.1, -0.05) is 23.7 Å². The highest BCUT2D eigenvalue weighted by Crippen LogP contribution is 2.30. The highest BCUT2D eigenvalue weighted by Gasteiger charge is 2.17. The number of hydrogen-bond acceptors (Lipinski definition) is 3. The van der Waals surface area contributed by atoms with Crippen molar-refractivity contribution in [2.75, 3.05) is 11.9 Å². The Bertz CT molecular complexity index is 611. The summed E-state index contributed by atoms with van der Waals surface area (Å²) in [6.07, 6.45) is 1.69. The van der Waals surface area contributed by atoms with Crippen LogP contribution in [0.4, 0.5) is 5.82 Å². The molecule has 0 radical (unpaired) electrons. The highest BCUT2D eigenvalue weighted by atomic mass is 35.5. The molecule has 0 spiro atoms. The van der Waals surface area contributed by atoms with E-state index in [1.54, 1.807) is 6.20 Å². The molecule has 4 nitrogen and oxygen atoms in total. The van der Waals surface area contributed by atoms with Crippen LogP contribution < -0.4 is 10.1 Å². The minimum atomic E-state index is -0.186. The van der Waals surface area contributed by atoms with Gasteiger partial charge in [0.2, 0.25) is 0 Å². The maximum atomic E-state index is 11.1.